The Bertz CT molecular complexity index is 369. The zero-order chi connectivity index (χ0) is 13.0. The number of carbonyl (C=O) groups is 1. The molecule has 1 saturated heterocycles. The molecule has 1 N–H and O–H groups in total. The summed E-state index contributed by atoms with van der Waals surface area (Å²) in [5.74, 6) is 0.550. The average Bonchev–Trinajstić information content (AvgIpc) is 2.89. The molecule has 1 aliphatic rings. The van der Waals surface area contributed by atoms with Crippen LogP contribution in [0.25, 0.3) is 0 Å². The molecule has 2 rings (SSSR count). The van der Waals surface area contributed by atoms with E-state index in [0.29, 0.717) is 5.91 Å². The van der Waals surface area contributed by atoms with Gasteiger partial charge in [0.25, 0.3) is 0 Å². The molecule has 0 atom stereocenters. The number of piperidine rings is 1. The van der Waals surface area contributed by atoms with Gasteiger partial charge in [0.15, 0.2) is 0 Å². The molecule has 1 aliphatic heterocycles. The van der Waals surface area contributed by atoms with Crippen molar-refractivity contribution in [2.75, 3.05) is 13.1 Å². The third-order valence-electron chi connectivity index (χ3n) is 3.50. The Balaban J connectivity index is 2.02. The lowest BCUT2D eigenvalue weighted by Gasteiger charge is -2.32. The third-order valence-corrected chi connectivity index (χ3v) is 4.36. The molecular weight excluding hydrogens is 244 g/mol. The van der Waals surface area contributed by atoms with Gasteiger partial charge in [0, 0.05) is 16.8 Å². The van der Waals surface area contributed by atoms with Crippen molar-refractivity contribution < 1.29 is 4.79 Å². The normalized spacial score (nSPS) is 17.1. The van der Waals surface area contributed by atoms with E-state index in [4.69, 9.17) is 0 Å². The molecule has 0 unspecified atom stereocenters. The topological polar surface area (TPSA) is 32.3 Å². The summed E-state index contributed by atoms with van der Waals surface area (Å²) in [5, 5.41) is 5.39. The van der Waals surface area contributed by atoms with Crippen LogP contribution in [0, 0.1) is 5.92 Å². The van der Waals surface area contributed by atoms with Gasteiger partial charge in [-0.3, -0.25) is 4.79 Å². The van der Waals surface area contributed by atoms with Gasteiger partial charge in [-0.25, -0.2) is 0 Å². The second kappa shape index (κ2) is 6.34. The zero-order valence-corrected chi connectivity index (χ0v) is 12.0. The first kappa shape index (κ1) is 13.6. The van der Waals surface area contributed by atoms with Gasteiger partial charge >= 0.3 is 0 Å². The maximum Gasteiger partial charge on any atom is 0.226 e. The molecule has 0 aliphatic carbocycles. The van der Waals surface area contributed by atoms with Crippen LogP contribution in [0.4, 0.5) is 0 Å². The van der Waals surface area contributed by atoms with Crippen molar-refractivity contribution in [2.24, 2.45) is 5.92 Å². The fraction of sp³-hybridized carbons (Fsp3) is 0.643. The second-order valence-electron chi connectivity index (χ2n) is 5.16. The molecule has 0 saturated carbocycles. The van der Waals surface area contributed by atoms with Crippen LogP contribution in [0.15, 0.2) is 17.5 Å². The second-order valence-corrected chi connectivity index (χ2v) is 6.20. The van der Waals surface area contributed by atoms with Gasteiger partial charge in [-0.2, -0.15) is 0 Å². The van der Waals surface area contributed by atoms with E-state index in [1.807, 2.05) is 11.0 Å². The van der Waals surface area contributed by atoms with Crippen molar-refractivity contribution in [2.45, 2.75) is 39.3 Å². The first-order valence-corrected chi connectivity index (χ1v) is 7.60. The van der Waals surface area contributed by atoms with E-state index in [0.717, 1.165) is 32.5 Å². The molecule has 0 bridgehead atoms. The molecule has 4 heteroatoms. The summed E-state index contributed by atoms with van der Waals surface area (Å²) in [4.78, 5) is 15.9. The van der Waals surface area contributed by atoms with Crippen LogP contribution in [0.2, 0.25) is 0 Å². The fourth-order valence-electron chi connectivity index (χ4n) is 2.39. The maximum atomic E-state index is 12.6. The minimum Gasteiger partial charge on any atom is -0.335 e. The highest BCUT2D eigenvalue weighted by Crippen LogP contribution is 2.20. The van der Waals surface area contributed by atoms with Crippen LogP contribution in [0.1, 0.15) is 31.6 Å². The van der Waals surface area contributed by atoms with Crippen molar-refractivity contribution in [1.82, 2.24) is 10.2 Å². The summed E-state index contributed by atoms with van der Waals surface area (Å²) in [6, 6.07) is 4.43. The fourth-order valence-corrected chi connectivity index (χ4v) is 3.09. The van der Waals surface area contributed by atoms with E-state index in [2.05, 4.69) is 30.6 Å². The Labute approximate surface area is 113 Å². The van der Waals surface area contributed by atoms with E-state index in [1.165, 1.54) is 4.88 Å². The molecule has 18 heavy (non-hydrogen) atoms. The van der Waals surface area contributed by atoms with Crippen LogP contribution in [0.3, 0.4) is 0 Å². The summed E-state index contributed by atoms with van der Waals surface area (Å²) in [6.45, 7) is 6.92. The quantitative estimate of drug-likeness (QED) is 0.908. The predicted octanol–water partition coefficient (Wildman–Crippen LogP) is 2.48. The molecule has 100 valence electrons. The lowest BCUT2D eigenvalue weighted by molar-refractivity contribution is -0.138. The SMILES string of the molecule is CC(C)N(Cc1cccs1)C(=O)C1CCNCC1. The minimum absolute atomic E-state index is 0.216. The summed E-state index contributed by atoms with van der Waals surface area (Å²) < 4.78 is 0. The van der Waals surface area contributed by atoms with E-state index in [9.17, 15) is 4.79 Å². The van der Waals surface area contributed by atoms with E-state index in [-0.39, 0.29) is 12.0 Å². The first-order valence-electron chi connectivity index (χ1n) is 6.72. The van der Waals surface area contributed by atoms with E-state index in [1.54, 1.807) is 11.3 Å². The highest BCUT2D eigenvalue weighted by Gasteiger charge is 2.27. The lowest BCUT2D eigenvalue weighted by Crippen LogP contribution is -2.43. The zero-order valence-electron chi connectivity index (χ0n) is 11.2. The van der Waals surface area contributed by atoms with E-state index < -0.39 is 0 Å². The number of nitrogens with zero attached hydrogens (tertiary/aromatic N) is 1. The molecule has 0 aromatic carbocycles. The van der Waals surface area contributed by atoms with Crippen molar-refractivity contribution >= 4 is 17.2 Å². The molecule has 2 heterocycles. The van der Waals surface area contributed by atoms with Gasteiger partial charge in [0.05, 0.1) is 6.54 Å². The van der Waals surface area contributed by atoms with Crippen molar-refractivity contribution in [1.29, 1.82) is 0 Å². The number of rotatable bonds is 4. The maximum absolute atomic E-state index is 12.6. The summed E-state index contributed by atoms with van der Waals surface area (Å²) in [7, 11) is 0. The van der Waals surface area contributed by atoms with Crippen LogP contribution in [0.5, 0.6) is 0 Å². The molecule has 1 fully saturated rings. The third kappa shape index (κ3) is 3.33. The van der Waals surface area contributed by atoms with Gasteiger partial charge in [0.1, 0.15) is 0 Å². The minimum atomic E-state index is 0.216. The molecule has 1 aromatic heterocycles. The summed E-state index contributed by atoms with van der Waals surface area (Å²) >= 11 is 1.73. The molecule has 1 amide bonds. The van der Waals surface area contributed by atoms with Crippen molar-refractivity contribution in [3.63, 3.8) is 0 Å². The Kier molecular flexibility index (Phi) is 4.78. The molecule has 3 nitrogen and oxygen atoms in total. The summed E-state index contributed by atoms with van der Waals surface area (Å²) in [5.41, 5.74) is 0. The number of thiophene rings is 1. The van der Waals surface area contributed by atoms with Gasteiger partial charge < -0.3 is 10.2 Å². The van der Waals surface area contributed by atoms with Crippen LogP contribution >= 0.6 is 11.3 Å². The predicted molar refractivity (Wildman–Crippen MR) is 75.6 cm³/mol. The number of hydrogen-bond donors (Lipinski definition) is 1. The average molecular weight is 266 g/mol. The Morgan fingerprint density at radius 3 is 2.78 bits per heavy atom. The van der Waals surface area contributed by atoms with Crippen LogP contribution in [-0.2, 0) is 11.3 Å². The molecular formula is C14H22N2OS. The summed E-state index contributed by atoms with van der Waals surface area (Å²) in [6.07, 6.45) is 1.96. The first-order chi connectivity index (χ1) is 8.68. The number of amides is 1. The largest absolute Gasteiger partial charge is 0.335 e. The van der Waals surface area contributed by atoms with Gasteiger partial charge in [-0.15, -0.1) is 11.3 Å². The molecule has 1 aromatic rings. The highest BCUT2D eigenvalue weighted by molar-refractivity contribution is 7.09. The number of hydrogen-bond acceptors (Lipinski definition) is 3. The van der Waals surface area contributed by atoms with Crippen molar-refractivity contribution in [3.8, 4) is 0 Å². The molecule has 0 spiro atoms. The Hall–Kier alpha value is -0.870. The van der Waals surface area contributed by atoms with E-state index >= 15 is 0 Å². The Morgan fingerprint density at radius 1 is 1.50 bits per heavy atom. The van der Waals surface area contributed by atoms with Gasteiger partial charge in [-0.1, -0.05) is 6.07 Å². The Morgan fingerprint density at radius 2 is 2.22 bits per heavy atom. The lowest BCUT2D eigenvalue weighted by atomic mass is 9.96. The standard InChI is InChI=1S/C14H22N2OS/c1-11(2)16(10-13-4-3-9-18-13)14(17)12-5-7-15-8-6-12/h3-4,9,11-12,15H,5-8,10H2,1-2H3. The van der Waals surface area contributed by atoms with Crippen LogP contribution in [-0.4, -0.2) is 29.9 Å². The monoisotopic (exact) mass is 266 g/mol. The smallest absolute Gasteiger partial charge is 0.226 e. The number of nitrogens with one attached hydrogen (secondary N) is 1. The number of carbonyl (C=O) groups excluding carboxylic acids is 1. The highest BCUT2D eigenvalue weighted by atomic mass is 32.1. The van der Waals surface area contributed by atoms with Crippen LogP contribution < -0.4 is 5.32 Å². The molecule has 0 radical (unpaired) electrons. The van der Waals surface area contributed by atoms with Gasteiger partial charge in [-0.05, 0) is 51.2 Å². The van der Waals surface area contributed by atoms with Gasteiger partial charge in [0.2, 0.25) is 5.91 Å². The van der Waals surface area contributed by atoms with Crippen molar-refractivity contribution in [3.05, 3.63) is 22.4 Å².